The van der Waals surface area contributed by atoms with E-state index in [1.54, 1.807) is 7.11 Å². The van der Waals surface area contributed by atoms with Gasteiger partial charge in [-0.25, -0.2) is 4.98 Å². The van der Waals surface area contributed by atoms with Crippen molar-refractivity contribution in [3.63, 3.8) is 0 Å². The molecular formula is C24H32N2O3. The van der Waals surface area contributed by atoms with Crippen molar-refractivity contribution < 1.29 is 14.6 Å². The summed E-state index contributed by atoms with van der Waals surface area (Å²) in [6.07, 6.45) is 6.91. The molecule has 3 fully saturated rings. The van der Waals surface area contributed by atoms with Crippen molar-refractivity contribution in [3.8, 4) is 5.75 Å². The summed E-state index contributed by atoms with van der Waals surface area (Å²) in [6.45, 7) is 7.96. The number of aliphatic hydroxyl groups excluding tert-OH is 1. The third-order valence-electron chi connectivity index (χ3n) is 8.33. The van der Waals surface area contributed by atoms with Crippen LogP contribution in [0, 0.1) is 29.6 Å². The Morgan fingerprint density at radius 1 is 1.34 bits per heavy atom. The molecule has 1 aliphatic heterocycles. The minimum atomic E-state index is -0.239. The summed E-state index contributed by atoms with van der Waals surface area (Å²) in [5, 5.41) is 11.3. The van der Waals surface area contributed by atoms with Crippen LogP contribution in [0.4, 0.5) is 0 Å². The number of imidazole rings is 1. The van der Waals surface area contributed by atoms with Gasteiger partial charge >= 0.3 is 0 Å². The molecule has 1 unspecified atom stereocenters. The van der Waals surface area contributed by atoms with E-state index < -0.39 is 0 Å². The van der Waals surface area contributed by atoms with E-state index in [9.17, 15) is 5.11 Å². The van der Waals surface area contributed by atoms with Gasteiger partial charge in [-0.15, -0.1) is 0 Å². The Morgan fingerprint density at radius 2 is 2.17 bits per heavy atom. The molecule has 2 aliphatic carbocycles. The number of nitrogens with zero attached hydrogens (tertiary/aromatic N) is 2. The summed E-state index contributed by atoms with van der Waals surface area (Å²) in [6, 6.07) is 6.46. The number of aliphatic hydroxyl groups is 1. The zero-order valence-electron chi connectivity index (χ0n) is 17.9. The number of aryl methyl sites for hydroxylation is 1. The van der Waals surface area contributed by atoms with Crippen LogP contribution in [0.5, 0.6) is 5.75 Å². The highest BCUT2D eigenvalue weighted by Gasteiger charge is 2.68. The molecule has 1 aromatic carbocycles. The molecule has 1 N–H and O–H groups in total. The van der Waals surface area contributed by atoms with E-state index in [1.165, 1.54) is 5.56 Å². The maximum atomic E-state index is 11.3. The van der Waals surface area contributed by atoms with Gasteiger partial charge in [-0.05, 0) is 61.1 Å². The Kier molecular flexibility index (Phi) is 4.34. The van der Waals surface area contributed by atoms with Gasteiger partial charge < -0.3 is 19.1 Å². The quantitative estimate of drug-likeness (QED) is 0.845. The number of methoxy groups -OCH3 is 1. The van der Waals surface area contributed by atoms with E-state index in [1.807, 2.05) is 19.3 Å². The smallest absolute Gasteiger partial charge is 0.123 e. The first-order valence-electron chi connectivity index (χ1n) is 10.8. The number of benzene rings is 1. The Balaban J connectivity index is 1.48. The van der Waals surface area contributed by atoms with Crippen molar-refractivity contribution in [2.24, 2.45) is 22.7 Å². The molecule has 5 atom stereocenters. The number of hydrogen-bond acceptors (Lipinski definition) is 4. The lowest BCUT2D eigenvalue weighted by Gasteiger charge is -2.51. The lowest BCUT2D eigenvalue weighted by atomic mass is 9.60. The average Bonchev–Trinajstić information content (AvgIpc) is 3.35. The second-order valence-electron chi connectivity index (χ2n) is 9.92. The van der Waals surface area contributed by atoms with Crippen LogP contribution >= 0.6 is 0 Å². The molecule has 1 spiro atoms. The summed E-state index contributed by atoms with van der Waals surface area (Å²) < 4.78 is 14.1. The number of aromatic nitrogens is 2. The molecule has 2 aromatic rings. The van der Waals surface area contributed by atoms with Crippen LogP contribution in [0.25, 0.3) is 0 Å². The molecule has 3 aliphatic rings. The number of fused-ring (bicyclic) bond motifs is 1. The molecule has 0 radical (unpaired) electrons. The van der Waals surface area contributed by atoms with Crippen LogP contribution in [0.3, 0.4) is 0 Å². The fraction of sp³-hybridized carbons (Fsp3) is 0.625. The Hall–Kier alpha value is -1.85. The first kappa shape index (κ1) is 19.1. The number of rotatable bonds is 4. The number of hydrogen-bond donors (Lipinski definition) is 1. The van der Waals surface area contributed by atoms with Gasteiger partial charge in [-0.3, -0.25) is 0 Å². The Labute approximate surface area is 173 Å². The van der Waals surface area contributed by atoms with Crippen LogP contribution in [0.15, 0.2) is 30.6 Å². The zero-order valence-corrected chi connectivity index (χ0v) is 17.9. The Bertz CT molecular complexity index is 921. The highest BCUT2D eigenvalue weighted by molar-refractivity contribution is 5.39. The van der Waals surface area contributed by atoms with Crippen molar-refractivity contribution in [1.82, 2.24) is 9.55 Å². The molecule has 5 heteroatoms. The van der Waals surface area contributed by atoms with Gasteiger partial charge in [0.05, 0.1) is 25.9 Å². The van der Waals surface area contributed by atoms with Gasteiger partial charge in [-0.1, -0.05) is 19.9 Å². The summed E-state index contributed by atoms with van der Waals surface area (Å²) >= 11 is 0. The van der Waals surface area contributed by atoms with E-state index in [2.05, 4.69) is 41.6 Å². The molecule has 0 amide bonds. The Morgan fingerprint density at radius 3 is 2.86 bits per heavy atom. The predicted octanol–water partition coefficient (Wildman–Crippen LogP) is 4.12. The van der Waals surface area contributed by atoms with E-state index in [0.717, 1.165) is 49.6 Å². The van der Waals surface area contributed by atoms with Crippen LogP contribution in [-0.4, -0.2) is 34.5 Å². The first-order chi connectivity index (χ1) is 13.9. The van der Waals surface area contributed by atoms with Crippen LogP contribution in [0.2, 0.25) is 0 Å². The maximum Gasteiger partial charge on any atom is 0.123 e. The molecule has 1 aromatic heterocycles. The van der Waals surface area contributed by atoms with E-state index in [4.69, 9.17) is 9.47 Å². The summed E-state index contributed by atoms with van der Waals surface area (Å²) in [5.74, 6) is 2.85. The minimum Gasteiger partial charge on any atom is -0.496 e. The van der Waals surface area contributed by atoms with Crippen LogP contribution < -0.4 is 4.74 Å². The molecule has 2 heterocycles. The largest absolute Gasteiger partial charge is 0.496 e. The van der Waals surface area contributed by atoms with Crippen molar-refractivity contribution in [2.45, 2.75) is 58.8 Å². The third-order valence-corrected chi connectivity index (χ3v) is 8.33. The molecule has 2 saturated carbocycles. The van der Waals surface area contributed by atoms with Gasteiger partial charge in [0.1, 0.15) is 11.6 Å². The summed E-state index contributed by atoms with van der Waals surface area (Å²) in [7, 11) is 1.72. The summed E-state index contributed by atoms with van der Waals surface area (Å²) in [5.41, 5.74) is 2.37. The van der Waals surface area contributed by atoms with Gasteiger partial charge in [0, 0.05) is 30.0 Å². The molecular weight excluding hydrogens is 364 g/mol. The number of ether oxygens (including phenoxy) is 2. The van der Waals surface area contributed by atoms with E-state index in [0.29, 0.717) is 11.8 Å². The monoisotopic (exact) mass is 396 g/mol. The van der Waals surface area contributed by atoms with Crippen LogP contribution in [-0.2, 0) is 11.3 Å². The van der Waals surface area contributed by atoms with Crippen LogP contribution in [0.1, 0.15) is 56.2 Å². The molecule has 5 rings (SSSR count). The second kappa shape index (κ2) is 6.58. The lowest BCUT2D eigenvalue weighted by Crippen LogP contribution is -2.51. The first-order valence-corrected chi connectivity index (χ1v) is 10.8. The predicted molar refractivity (Wildman–Crippen MR) is 111 cm³/mol. The highest BCUT2D eigenvalue weighted by atomic mass is 16.5. The van der Waals surface area contributed by atoms with Gasteiger partial charge in [0.25, 0.3) is 0 Å². The van der Waals surface area contributed by atoms with E-state index in [-0.39, 0.29) is 23.0 Å². The van der Waals surface area contributed by atoms with Gasteiger partial charge in [-0.2, -0.15) is 0 Å². The SMILES string of the molecule is COc1ccc([C@H]2OCCC34C[C@@H](C[C@H]23)C(C)(C)[C@H]4O)cc1Cn1ccnc1C. The summed E-state index contributed by atoms with van der Waals surface area (Å²) in [4.78, 5) is 4.34. The van der Waals surface area contributed by atoms with Crippen molar-refractivity contribution in [1.29, 1.82) is 0 Å². The molecule has 5 nitrogen and oxygen atoms in total. The minimum absolute atomic E-state index is 0.0120. The molecule has 2 bridgehead atoms. The maximum absolute atomic E-state index is 11.3. The van der Waals surface area contributed by atoms with Gasteiger partial charge in [0.15, 0.2) is 0 Å². The zero-order chi connectivity index (χ0) is 20.4. The van der Waals surface area contributed by atoms with Crippen molar-refractivity contribution >= 4 is 0 Å². The van der Waals surface area contributed by atoms with Gasteiger partial charge in [0.2, 0.25) is 0 Å². The standard InChI is InChI=1S/C24H32N2O3/c1-15-25-8-9-26(15)14-17-11-16(5-6-20(17)28-4)21-19-12-18-13-24(19,7-10-29-21)22(27)23(18,2)3/h5-6,8-9,11,18-19,21-22,27H,7,10,12-14H2,1-4H3/t18-,19-,21-,22-,24?/m1/s1. The fourth-order valence-electron chi connectivity index (χ4n) is 6.60. The molecule has 29 heavy (non-hydrogen) atoms. The molecule has 156 valence electrons. The van der Waals surface area contributed by atoms with E-state index >= 15 is 0 Å². The third kappa shape index (κ3) is 2.70. The molecule has 1 saturated heterocycles. The lowest BCUT2D eigenvalue weighted by molar-refractivity contribution is -0.164. The van der Waals surface area contributed by atoms with Crippen molar-refractivity contribution in [3.05, 3.63) is 47.5 Å². The highest BCUT2D eigenvalue weighted by Crippen LogP contribution is 2.70. The fourth-order valence-corrected chi connectivity index (χ4v) is 6.60. The topological polar surface area (TPSA) is 56.5 Å². The average molecular weight is 397 g/mol. The second-order valence-corrected chi connectivity index (χ2v) is 9.92. The normalized spacial score (nSPS) is 34.9. The van der Waals surface area contributed by atoms with Crippen molar-refractivity contribution in [2.75, 3.05) is 13.7 Å².